The monoisotopic (exact) mass is 514 g/mol. The van der Waals surface area contributed by atoms with Crippen molar-refractivity contribution < 1.29 is 18.7 Å². The predicted molar refractivity (Wildman–Crippen MR) is 134 cm³/mol. The Kier molecular flexibility index (Phi) is 6.66. The first kappa shape index (κ1) is 26.0. The molecule has 1 unspecified atom stereocenters. The highest BCUT2D eigenvalue weighted by molar-refractivity contribution is 6.05. The molecular formula is C26H23FN8O3. The number of nitrogens with one attached hydrogen (secondary N) is 2. The maximum absolute atomic E-state index is 15.2. The van der Waals surface area contributed by atoms with Crippen molar-refractivity contribution >= 4 is 23.5 Å². The number of amidine groups is 1. The number of nitriles is 2. The number of benzene rings is 1. The van der Waals surface area contributed by atoms with Crippen LogP contribution in [0.4, 0.5) is 14.9 Å². The maximum Gasteiger partial charge on any atom is 0.413 e. The number of rotatable bonds is 3. The zero-order valence-electron chi connectivity index (χ0n) is 21.0. The molecule has 2 aromatic heterocycles. The highest BCUT2D eigenvalue weighted by atomic mass is 19.1. The summed E-state index contributed by atoms with van der Waals surface area (Å²) in [7, 11) is 0. The molecule has 11 nitrogen and oxygen atoms in total. The summed E-state index contributed by atoms with van der Waals surface area (Å²) >= 11 is 0. The molecule has 1 atom stereocenters. The molecule has 1 aromatic carbocycles. The minimum Gasteiger partial charge on any atom is -0.444 e. The number of amides is 2. The molecule has 0 spiro atoms. The van der Waals surface area contributed by atoms with Gasteiger partial charge in [0.25, 0.3) is 5.91 Å². The molecule has 0 aliphatic carbocycles. The highest BCUT2D eigenvalue weighted by Crippen LogP contribution is 2.35. The average Bonchev–Trinajstić information content (AvgIpc) is 3.26. The molecular weight excluding hydrogens is 491 g/mol. The van der Waals surface area contributed by atoms with Crippen LogP contribution in [0.5, 0.6) is 0 Å². The summed E-state index contributed by atoms with van der Waals surface area (Å²) in [6.45, 7) is 6.79. The lowest BCUT2D eigenvalue weighted by atomic mass is 9.90. The van der Waals surface area contributed by atoms with Crippen molar-refractivity contribution in [3.8, 4) is 12.1 Å². The number of alkyl carbamates (subject to hydrolysis) is 1. The number of aromatic nitrogens is 3. The van der Waals surface area contributed by atoms with E-state index in [0.717, 1.165) is 0 Å². The molecule has 4 rings (SSSR count). The number of hydrogen-bond acceptors (Lipinski definition) is 8. The number of fused-ring (bicyclic) bond motifs is 1. The number of hydrogen-bond donors (Lipinski definition) is 2. The van der Waals surface area contributed by atoms with Crippen molar-refractivity contribution in [3.05, 3.63) is 76.9 Å². The first-order valence-electron chi connectivity index (χ1n) is 11.5. The normalized spacial score (nSPS) is 16.3. The van der Waals surface area contributed by atoms with Gasteiger partial charge in [0, 0.05) is 17.4 Å². The Balaban J connectivity index is 1.70. The van der Waals surface area contributed by atoms with Crippen LogP contribution in [-0.2, 0) is 16.8 Å². The van der Waals surface area contributed by atoms with E-state index in [2.05, 4.69) is 25.6 Å². The van der Waals surface area contributed by atoms with Gasteiger partial charge in [0.1, 0.15) is 40.5 Å². The van der Waals surface area contributed by atoms with Crippen LogP contribution in [0.3, 0.4) is 0 Å². The molecule has 38 heavy (non-hydrogen) atoms. The summed E-state index contributed by atoms with van der Waals surface area (Å²) in [4.78, 5) is 38.0. The lowest BCUT2D eigenvalue weighted by molar-refractivity contribution is 0.0562. The standard InChI is InChI=1S/C26H23FN8O3/c1-25(2,3)38-24(37)33-21-22-31-13-17(11-29)35(22)14-26(4,34-21)18-9-16(6-7-19(18)27)32-23(36)20-8-5-15(10-28)12-30-20/h5-9,12-13H,14H2,1-4H3,(H,32,36)(H,33,34,37). The summed E-state index contributed by atoms with van der Waals surface area (Å²) in [6, 6.07) is 10.8. The van der Waals surface area contributed by atoms with Crippen LogP contribution >= 0.6 is 0 Å². The smallest absolute Gasteiger partial charge is 0.413 e. The van der Waals surface area contributed by atoms with Crippen molar-refractivity contribution in [1.29, 1.82) is 10.5 Å². The topological polar surface area (TPSA) is 158 Å². The third-order valence-electron chi connectivity index (χ3n) is 5.56. The van der Waals surface area contributed by atoms with Crippen LogP contribution in [0.25, 0.3) is 0 Å². The van der Waals surface area contributed by atoms with E-state index in [1.54, 1.807) is 27.7 Å². The summed E-state index contributed by atoms with van der Waals surface area (Å²) in [5.74, 6) is -0.934. The number of anilines is 1. The Morgan fingerprint density at radius 3 is 2.50 bits per heavy atom. The zero-order chi connectivity index (χ0) is 27.7. The molecule has 3 heterocycles. The Morgan fingerprint density at radius 1 is 1.11 bits per heavy atom. The molecule has 0 saturated carbocycles. The summed E-state index contributed by atoms with van der Waals surface area (Å²) < 4.78 is 22.1. The van der Waals surface area contributed by atoms with E-state index in [4.69, 9.17) is 10.00 Å². The maximum atomic E-state index is 15.2. The lowest BCUT2D eigenvalue weighted by Crippen LogP contribution is -2.44. The van der Waals surface area contributed by atoms with E-state index in [-0.39, 0.29) is 40.8 Å². The second-order valence-corrected chi connectivity index (χ2v) is 9.72. The fourth-order valence-electron chi connectivity index (χ4n) is 3.89. The molecule has 3 aromatic rings. The van der Waals surface area contributed by atoms with Gasteiger partial charge in [-0.15, -0.1) is 0 Å². The Bertz CT molecular complexity index is 1540. The third kappa shape index (κ3) is 5.34. The Labute approximate surface area is 217 Å². The van der Waals surface area contributed by atoms with Crippen molar-refractivity contribution in [2.45, 2.75) is 45.4 Å². The van der Waals surface area contributed by atoms with E-state index in [1.807, 2.05) is 12.1 Å². The van der Waals surface area contributed by atoms with E-state index in [1.165, 1.54) is 47.3 Å². The molecule has 12 heteroatoms. The minimum absolute atomic E-state index is 0.00474. The number of imidazole rings is 1. The fourth-order valence-corrected chi connectivity index (χ4v) is 3.89. The largest absolute Gasteiger partial charge is 0.444 e. The number of nitrogens with zero attached hydrogens (tertiary/aromatic N) is 6. The van der Waals surface area contributed by atoms with Crippen LogP contribution < -0.4 is 10.6 Å². The van der Waals surface area contributed by atoms with Gasteiger partial charge in [-0.3, -0.25) is 15.1 Å². The van der Waals surface area contributed by atoms with E-state index in [9.17, 15) is 14.9 Å². The van der Waals surface area contributed by atoms with Gasteiger partial charge in [-0.25, -0.2) is 19.2 Å². The number of halogens is 1. The zero-order valence-corrected chi connectivity index (χ0v) is 21.0. The van der Waals surface area contributed by atoms with Gasteiger partial charge in [-0.1, -0.05) is 0 Å². The fraction of sp³-hybridized carbons (Fsp3) is 0.269. The average molecular weight is 515 g/mol. The summed E-state index contributed by atoms with van der Waals surface area (Å²) in [5.41, 5.74) is -1.13. The molecule has 2 N–H and O–H groups in total. The van der Waals surface area contributed by atoms with Crippen LogP contribution in [0.15, 0.2) is 47.7 Å². The number of pyridine rings is 1. The highest BCUT2D eigenvalue weighted by Gasteiger charge is 2.38. The third-order valence-corrected chi connectivity index (χ3v) is 5.56. The Hall–Kier alpha value is -5.10. The van der Waals surface area contributed by atoms with Crippen LogP contribution in [0, 0.1) is 28.5 Å². The summed E-state index contributed by atoms with van der Waals surface area (Å²) in [6.07, 6.45) is 1.83. The number of carbonyl (C=O) groups excluding carboxylic acids is 2. The predicted octanol–water partition coefficient (Wildman–Crippen LogP) is 3.61. The molecule has 2 amide bonds. The van der Waals surface area contributed by atoms with Crippen LogP contribution in [0.1, 0.15) is 60.8 Å². The van der Waals surface area contributed by atoms with Crippen molar-refractivity contribution in [2.75, 3.05) is 5.32 Å². The first-order chi connectivity index (χ1) is 17.9. The number of aliphatic imine (C=N–C) groups is 1. The molecule has 192 valence electrons. The molecule has 1 aliphatic rings. The number of carbonyl (C=O) groups is 2. The van der Waals surface area contributed by atoms with E-state index < -0.39 is 29.0 Å². The summed E-state index contributed by atoms with van der Waals surface area (Å²) in [5, 5.41) is 23.7. The van der Waals surface area contributed by atoms with Crippen molar-refractivity contribution in [3.63, 3.8) is 0 Å². The molecule has 1 aliphatic heterocycles. The van der Waals surface area contributed by atoms with Gasteiger partial charge in [-0.2, -0.15) is 10.5 Å². The van der Waals surface area contributed by atoms with Gasteiger partial charge in [0.2, 0.25) is 0 Å². The molecule has 0 fully saturated rings. The van der Waals surface area contributed by atoms with E-state index in [0.29, 0.717) is 5.56 Å². The van der Waals surface area contributed by atoms with E-state index >= 15 is 4.39 Å². The molecule has 0 bridgehead atoms. The van der Waals surface area contributed by atoms with Crippen molar-refractivity contribution in [1.82, 2.24) is 19.9 Å². The minimum atomic E-state index is -1.30. The molecule has 0 radical (unpaired) electrons. The second kappa shape index (κ2) is 9.75. The first-order valence-corrected chi connectivity index (χ1v) is 11.5. The number of ether oxygens (including phenoxy) is 1. The van der Waals surface area contributed by atoms with Gasteiger partial charge >= 0.3 is 6.09 Å². The van der Waals surface area contributed by atoms with Gasteiger partial charge < -0.3 is 14.6 Å². The molecule has 0 saturated heterocycles. The SMILES string of the molecule is CC(C)(C)OC(=O)NC1=NC(C)(c2cc(NC(=O)c3ccc(C#N)cn3)ccc2F)Cn2c(C#N)cnc21. The lowest BCUT2D eigenvalue weighted by Gasteiger charge is -2.33. The van der Waals surface area contributed by atoms with Crippen LogP contribution in [-0.4, -0.2) is 38.0 Å². The van der Waals surface area contributed by atoms with Crippen LogP contribution in [0.2, 0.25) is 0 Å². The van der Waals surface area contributed by atoms with Crippen molar-refractivity contribution in [2.24, 2.45) is 4.99 Å². The van der Waals surface area contributed by atoms with Gasteiger partial charge in [0.15, 0.2) is 11.7 Å². The Morgan fingerprint density at radius 2 is 1.87 bits per heavy atom. The second-order valence-electron chi connectivity index (χ2n) is 9.72. The quantitative estimate of drug-likeness (QED) is 0.540. The van der Waals surface area contributed by atoms with Gasteiger partial charge in [-0.05, 0) is 58.0 Å². The van der Waals surface area contributed by atoms with Gasteiger partial charge in [0.05, 0.1) is 18.3 Å².